The smallest absolute Gasteiger partial charge is 0.326 e. The second kappa shape index (κ2) is 6.02. The first kappa shape index (κ1) is 16.1. The van der Waals surface area contributed by atoms with Gasteiger partial charge in [-0.05, 0) is 12.8 Å². The molecule has 0 radical (unpaired) electrons. The van der Waals surface area contributed by atoms with E-state index in [2.05, 4.69) is 12.6 Å². The molecule has 0 aromatic heterocycles. The molecule has 7 heteroatoms. The van der Waals surface area contributed by atoms with E-state index in [1.807, 2.05) is 0 Å². The van der Waals surface area contributed by atoms with E-state index in [1.54, 1.807) is 6.92 Å². The van der Waals surface area contributed by atoms with Gasteiger partial charge in [-0.25, -0.2) is 4.79 Å². The molecule has 3 rings (SSSR count). The van der Waals surface area contributed by atoms with Gasteiger partial charge in [0.25, 0.3) is 0 Å². The van der Waals surface area contributed by atoms with Crippen molar-refractivity contribution in [1.82, 2.24) is 4.90 Å². The predicted molar refractivity (Wildman–Crippen MR) is 81.7 cm³/mol. The summed E-state index contributed by atoms with van der Waals surface area (Å²) in [4.78, 5) is 25.4. The fraction of sp³-hybridized carbons (Fsp3) is 0.867. The summed E-state index contributed by atoms with van der Waals surface area (Å²) >= 11 is 4.14. The van der Waals surface area contributed by atoms with Gasteiger partial charge in [-0.2, -0.15) is 12.6 Å². The molecule has 2 saturated heterocycles. The lowest BCUT2D eigenvalue weighted by Crippen LogP contribution is -2.44. The summed E-state index contributed by atoms with van der Waals surface area (Å²) in [6, 6.07) is -0.880. The van der Waals surface area contributed by atoms with Crippen LogP contribution in [0.2, 0.25) is 0 Å². The third-order valence-corrected chi connectivity index (χ3v) is 5.48. The number of likely N-dealkylation sites (tertiary alicyclic amines) is 1. The number of fused-ring (bicyclic) bond motifs is 1. The number of carbonyl (C=O) groups is 2. The summed E-state index contributed by atoms with van der Waals surface area (Å²) in [5, 5.41) is 9.47. The van der Waals surface area contributed by atoms with Crippen LogP contribution in [0.3, 0.4) is 0 Å². The van der Waals surface area contributed by atoms with Crippen LogP contribution in [0.1, 0.15) is 39.0 Å². The Morgan fingerprint density at radius 2 is 1.91 bits per heavy atom. The minimum Gasteiger partial charge on any atom is -0.480 e. The second-order valence-electron chi connectivity index (χ2n) is 6.62. The molecule has 2 unspecified atom stereocenters. The minimum atomic E-state index is -1.00. The molecular formula is C15H23NO5S. The van der Waals surface area contributed by atoms with Crippen molar-refractivity contribution in [3.63, 3.8) is 0 Å². The molecule has 0 aromatic carbocycles. The summed E-state index contributed by atoms with van der Waals surface area (Å²) in [6.07, 6.45) is 4.42. The number of rotatable bonds is 3. The largest absolute Gasteiger partial charge is 0.480 e. The molecule has 0 bridgehead atoms. The van der Waals surface area contributed by atoms with E-state index >= 15 is 0 Å². The normalized spacial score (nSPS) is 39.0. The maximum absolute atomic E-state index is 12.4. The van der Waals surface area contributed by atoms with Gasteiger partial charge < -0.3 is 19.5 Å². The molecule has 2 aliphatic heterocycles. The lowest BCUT2D eigenvalue weighted by molar-refractivity contribution is -0.168. The average molecular weight is 329 g/mol. The fourth-order valence-electron chi connectivity index (χ4n) is 3.74. The summed E-state index contributed by atoms with van der Waals surface area (Å²) in [7, 11) is 0. The van der Waals surface area contributed by atoms with Gasteiger partial charge in [-0.1, -0.05) is 19.8 Å². The van der Waals surface area contributed by atoms with Crippen molar-refractivity contribution < 1.29 is 24.2 Å². The molecule has 124 valence electrons. The molecule has 22 heavy (non-hydrogen) atoms. The molecular weight excluding hydrogens is 306 g/mol. The molecule has 3 aliphatic rings. The third kappa shape index (κ3) is 2.74. The van der Waals surface area contributed by atoms with Crippen molar-refractivity contribution in [1.29, 1.82) is 0 Å². The average Bonchev–Trinajstić information content (AvgIpc) is 3.05. The third-order valence-electron chi connectivity index (χ3n) is 4.93. The van der Waals surface area contributed by atoms with Crippen molar-refractivity contribution in [3.8, 4) is 0 Å². The maximum atomic E-state index is 12.4. The number of hydrogen-bond acceptors (Lipinski definition) is 5. The second-order valence-corrected chi connectivity index (χ2v) is 6.98. The monoisotopic (exact) mass is 329 g/mol. The Morgan fingerprint density at radius 3 is 2.41 bits per heavy atom. The van der Waals surface area contributed by atoms with Gasteiger partial charge in [0.05, 0.1) is 18.8 Å². The topological polar surface area (TPSA) is 76.1 Å². The van der Waals surface area contributed by atoms with E-state index in [1.165, 1.54) is 4.90 Å². The molecule has 1 amide bonds. The number of amides is 1. The van der Waals surface area contributed by atoms with Gasteiger partial charge in [-0.15, -0.1) is 0 Å². The van der Waals surface area contributed by atoms with Crippen molar-refractivity contribution in [3.05, 3.63) is 0 Å². The van der Waals surface area contributed by atoms with Crippen LogP contribution in [0.15, 0.2) is 0 Å². The number of ether oxygens (including phenoxy) is 2. The Labute approximate surface area is 135 Å². The zero-order valence-electron chi connectivity index (χ0n) is 12.7. The van der Waals surface area contributed by atoms with Crippen LogP contribution >= 0.6 is 12.6 Å². The number of aliphatic carboxylic acids is 1. The summed E-state index contributed by atoms with van der Waals surface area (Å²) in [5.41, 5.74) is 0. The van der Waals surface area contributed by atoms with Gasteiger partial charge >= 0.3 is 5.97 Å². The number of hydrogen-bond donors (Lipinski definition) is 2. The minimum absolute atomic E-state index is 0.0422. The maximum Gasteiger partial charge on any atom is 0.326 e. The number of carboxylic acids is 1. The highest BCUT2D eigenvalue weighted by molar-refractivity contribution is 7.80. The van der Waals surface area contributed by atoms with Crippen LogP contribution in [0.4, 0.5) is 0 Å². The Bertz CT molecular complexity index is 457. The van der Waals surface area contributed by atoms with E-state index in [0.29, 0.717) is 5.75 Å². The molecule has 2 heterocycles. The van der Waals surface area contributed by atoms with Crippen LogP contribution in [0.5, 0.6) is 0 Å². The standard InChI is InChI=1S/C15H23NO5S/c1-9(7-22)13(17)16-8-15(6-10(16)14(18)19)20-11-4-2-3-5-12(11)21-15/h9-12,22H,2-8H2,1H3,(H,18,19)/t9?,10-,11-,12+,15?/m0/s1. The molecule has 3 fully saturated rings. The summed E-state index contributed by atoms with van der Waals surface area (Å²) in [6.45, 7) is 1.96. The lowest BCUT2D eigenvalue weighted by Gasteiger charge is -2.25. The highest BCUT2D eigenvalue weighted by Gasteiger charge is 2.57. The first-order valence-corrected chi connectivity index (χ1v) is 8.59. The molecule has 1 aliphatic carbocycles. The van der Waals surface area contributed by atoms with E-state index < -0.39 is 17.8 Å². The Morgan fingerprint density at radius 1 is 1.32 bits per heavy atom. The zero-order chi connectivity index (χ0) is 15.9. The van der Waals surface area contributed by atoms with Crippen molar-refractivity contribution in [2.24, 2.45) is 5.92 Å². The Hall–Kier alpha value is -0.790. The van der Waals surface area contributed by atoms with Crippen molar-refractivity contribution >= 4 is 24.5 Å². The van der Waals surface area contributed by atoms with Gasteiger partial charge in [-0.3, -0.25) is 4.79 Å². The zero-order valence-corrected chi connectivity index (χ0v) is 13.6. The van der Waals surface area contributed by atoms with Crippen LogP contribution in [0.25, 0.3) is 0 Å². The Kier molecular flexibility index (Phi) is 4.40. The highest BCUT2D eigenvalue weighted by Crippen LogP contribution is 2.44. The van der Waals surface area contributed by atoms with Crippen LogP contribution < -0.4 is 0 Å². The Balaban J connectivity index is 1.78. The van der Waals surface area contributed by atoms with E-state index in [-0.39, 0.29) is 37.0 Å². The molecule has 0 aromatic rings. The van der Waals surface area contributed by atoms with E-state index in [4.69, 9.17) is 9.47 Å². The first-order chi connectivity index (χ1) is 10.5. The van der Waals surface area contributed by atoms with Gasteiger partial charge in [0.1, 0.15) is 6.04 Å². The fourth-order valence-corrected chi connectivity index (χ4v) is 3.89. The SMILES string of the molecule is CC(CS)C(=O)N1CC2(C[C@H]1C(=O)O)O[C@H]1CCCC[C@H]1O2. The van der Waals surface area contributed by atoms with E-state index in [9.17, 15) is 14.7 Å². The van der Waals surface area contributed by atoms with Crippen LogP contribution in [-0.2, 0) is 19.1 Å². The molecule has 1 saturated carbocycles. The number of nitrogens with zero attached hydrogens (tertiary/aromatic N) is 1. The van der Waals surface area contributed by atoms with Crippen LogP contribution in [0, 0.1) is 5.92 Å². The van der Waals surface area contributed by atoms with Gasteiger partial charge in [0, 0.05) is 18.1 Å². The van der Waals surface area contributed by atoms with Crippen molar-refractivity contribution in [2.75, 3.05) is 12.3 Å². The quantitative estimate of drug-likeness (QED) is 0.763. The molecule has 5 atom stereocenters. The first-order valence-electron chi connectivity index (χ1n) is 7.95. The molecule has 1 N–H and O–H groups in total. The summed E-state index contributed by atoms with van der Waals surface area (Å²) in [5.74, 6) is -2.06. The molecule has 6 nitrogen and oxygen atoms in total. The lowest BCUT2D eigenvalue weighted by atomic mass is 9.95. The van der Waals surface area contributed by atoms with Gasteiger partial charge in [0.15, 0.2) is 5.79 Å². The van der Waals surface area contributed by atoms with E-state index in [0.717, 1.165) is 25.7 Å². The van der Waals surface area contributed by atoms with Gasteiger partial charge in [0.2, 0.25) is 5.91 Å². The van der Waals surface area contributed by atoms with Crippen molar-refractivity contribution in [2.45, 2.75) is 63.1 Å². The highest BCUT2D eigenvalue weighted by atomic mass is 32.1. The van der Waals surface area contributed by atoms with Crippen LogP contribution in [-0.4, -0.2) is 58.2 Å². The predicted octanol–water partition coefficient (Wildman–Crippen LogP) is 1.29. The number of thiol groups is 1. The summed E-state index contributed by atoms with van der Waals surface area (Å²) < 4.78 is 12.2. The number of carboxylic acid groups (broad SMARTS) is 1. The number of carbonyl (C=O) groups excluding carboxylic acids is 1. The molecule has 1 spiro atoms.